The van der Waals surface area contributed by atoms with Crippen LogP contribution in [0.4, 0.5) is 0 Å². The molecule has 188 valence electrons. The maximum atomic E-state index is 6.96. The Morgan fingerprint density at radius 3 is 1.85 bits per heavy atom. The zero-order chi connectivity index (χ0) is 25.2. The van der Waals surface area contributed by atoms with Gasteiger partial charge in [-0.1, -0.05) is 53.7 Å². The van der Waals surface area contributed by atoms with Gasteiger partial charge in [-0.15, -0.1) is 0 Å². The highest BCUT2D eigenvalue weighted by molar-refractivity contribution is 6.75. The number of benzene rings is 2. The predicted molar refractivity (Wildman–Crippen MR) is 146 cm³/mol. The van der Waals surface area contributed by atoms with E-state index in [9.17, 15) is 0 Å². The van der Waals surface area contributed by atoms with Crippen LogP contribution in [0.25, 0.3) is 10.8 Å². The minimum absolute atomic E-state index is 0.114. The van der Waals surface area contributed by atoms with Crippen molar-refractivity contribution in [1.29, 1.82) is 0 Å². The van der Waals surface area contributed by atoms with Crippen molar-refractivity contribution in [1.82, 2.24) is 0 Å². The average molecular weight is 501 g/mol. The molecule has 0 aromatic heterocycles. The van der Waals surface area contributed by atoms with Crippen molar-refractivity contribution >= 4 is 27.4 Å². The molecule has 1 aliphatic carbocycles. The number of hydrogen-bond donors (Lipinski definition) is 0. The van der Waals surface area contributed by atoms with Crippen molar-refractivity contribution in [3.05, 3.63) is 35.4 Å². The Morgan fingerprint density at radius 1 is 0.765 bits per heavy atom. The summed E-state index contributed by atoms with van der Waals surface area (Å²) in [5.41, 5.74) is 2.68. The Kier molecular flexibility index (Phi) is 6.33. The van der Waals surface area contributed by atoms with Crippen molar-refractivity contribution < 1.29 is 18.3 Å². The van der Waals surface area contributed by atoms with Gasteiger partial charge >= 0.3 is 0 Å². The van der Waals surface area contributed by atoms with Gasteiger partial charge in [0.05, 0.1) is 13.2 Å². The number of aryl methyl sites for hydroxylation is 1. The van der Waals surface area contributed by atoms with Gasteiger partial charge < -0.3 is 18.3 Å². The van der Waals surface area contributed by atoms with Crippen LogP contribution in [-0.2, 0) is 22.3 Å². The highest BCUT2D eigenvalue weighted by atomic mass is 28.4. The van der Waals surface area contributed by atoms with Crippen molar-refractivity contribution in [3.63, 3.8) is 0 Å². The standard InChI is InChI=1S/C28H44O4Si2/c1-26(2,3)33(7,8)31-23-13-14-24(32-34(9,10)27(4,5)6)25-21(23)12-11-20-15-16-28(19-22(20)25)29-17-18-30-28/h11-14H,15-19H2,1-10H3. The average Bonchev–Trinajstić information content (AvgIpc) is 3.15. The summed E-state index contributed by atoms with van der Waals surface area (Å²) < 4.78 is 26.2. The molecule has 6 heteroatoms. The largest absolute Gasteiger partial charge is 0.543 e. The Hall–Kier alpha value is -1.35. The van der Waals surface area contributed by atoms with Gasteiger partial charge in [0.2, 0.25) is 0 Å². The van der Waals surface area contributed by atoms with E-state index >= 15 is 0 Å². The van der Waals surface area contributed by atoms with E-state index in [1.54, 1.807) is 0 Å². The lowest BCUT2D eigenvalue weighted by Crippen LogP contribution is -2.44. The summed E-state index contributed by atoms with van der Waals surface area (Å²) in [6.45, 7) is 24.4. The first-order chi connectivity index (χ1) is 15.6. The smallest absolute Gasteiger partial charge is 0.250 e. The van der Waals surface area contributed by atoms with E-state index in [2.05, 4.69) is 92.0 Å². The molecule has 2 aromatic rings. The first-order valence-corrected chi connectivity index (χ1v) is 18.6. The lowest BCUT2D eigenvalue weighted by Gasteiger charge is -2.39. The fraction of sp³-hybridized carbons (Fsp3) is 0.643. The van der Waals surface area contributed by atoms with Crippen LogP contribution in [-0.4, -0.2) is 35.6 Å². The summed E-state index contributed by atoms with van der Waals surface area (Å²) in [5, 5.41) is 2.58. The zero-order valence-electron chi connectivity index (χ0n) is 23.0. The van der Waals surface area contributed by atoms with Crippen LogP contribution in [0.5, 0.6) is 11.5 Å². The predicted octanol–water partition coefficient (Wildman–Crippen LogP) is 7.84. The van der Waals surface area contributed by atoms with Gasteiger partial charge in [-0.05, 0) is 65.9 Å². The lowest BCUT2D eigenvalue weighted by molar-refractivity contribution is -0.163. The van der Waals surface area contributed by atoms with Gasteiger partial charge in [-0.3, -0.25) is 0 Å². The van der Waals surface area contributed by atoms with Crippen LogP contribution in [0, 0.1) is 0 Å². The van der Waals surface area contributed by atoms with Crippen molar-refractivity contribution in [2.75, 3.05) is 13.2 Å². The van der Waals surface area contributed by atoms with Crippen LogP contribution in [0.1, 0.15) is 59.1 Å². The Bertz CT molecular complexity index is 1070. The lowest BCUT2D eigenvalue weighted by atomic mass is 9.84. The summed E-state index contributed by atoms with van der Waals surface area (Å²) in [6, 6.07) is 8.83. The number of ether oxygens (including phenoxy) is 2. The molecule has 0 amide bonds. The second-order valence-electron chi connectivity index (χ2n) is 13.2. The molecule has 0 radical (unpaired) electrons. The van der Waals surface area contributed by atoms with Crippen molar-refractivity contribution in [2.24, 2.45) is 0 Å². The fourth-order valence-electron chi connectivity index (χ4n) is 4.39. The monoisotopic (exact) mass is 500 g/mol. The van der Waals surface area contributed by atoms with Gasteiger partial charge in [0, 0.05) is 23.6 Å². The molecule has 1 fully saturated rings. The Balaban J connectivity index is 1.90. The molecule has 0 saturated carbocycles. The molecule has 1 heterocycles. The third kappa shape index (κ3) is 4.59. The molecule has 1 aliphatic heterocycles. The highest BCUT2D eigenvalue weighted by Gasteiger charge is 2.43. The fourth-order valence-corrected chi connectivity index (χ4v) is 6.45. The Morgan fingerprint density at radius 2 is 1.29 bits per heavy atom. The van der Waals surface area contributed by atoms with E-state index < -0.39 is 22.4 Å². The number of hydrogen-bond acceptors (Lipinski definition) is 4. The third-order valence-corrected chi connectivity index (χ3v) is 17.4. The molecule has 2 aromatic carbocycles. The second-order valence-corrected chi connectivity index (χ2v) is 22.6. The first kappa shape index (κ1) is 25.7. The summed E-state index contributed by atoms with van der Waals surface area (Å²) in [4.78, 5) is 0. The molecule has 1 saturated heterocycles. The van der Waals surface area contributed by atoms with Crippen molar-refractivity contribution in [3.8, 4) is 11.5 Å². The van der Waals surface area contributed by atoms with E-state index in [1.165, 1.54) is 16.5 Å². The number of rotatable bonds is 4. The molecule has 2 aliphatic rings. The van der Waals surface area contributed by atoms with Crippen LogP contribution in [0.3, 0.4) is 0 Å². The molecule has 4 nitrogen and oxygen atoms in total. The van der Waals surface area contributed by atoms with Gasteiger partial charge in [0.1, 0.15) is 11.5 Å². The topological polar surface area (TPSA) is 36.9 Å². The Labute approximate surface area is 208 Å². The molecular weight excluding hydrogens is 456 g/mol. The summed E-state index contributed by atoms with van der Waals surface area (Å²) >= 11 is 0. The highest BCUT2D eigenvalue weighted by Crippen LogP contribution is 2.47. The van der Waals surface area contributed by atoms with Crippen LogP contribution >= 0.6 is 0 Å². The van der Waals surface area contributed by atoms with Gasteiger partial charge in [0.15, 0.2) is 5.79 Å². The SMILES string of the molecule is CC(C)(C)[Si](C)(C)Oc1ccc(O[Si](C)(C)C(C)(C)C)c2c3c(ccc12)CCC1(C3)OCCO1. The molecule has 4 rings (SSSR count). The molecular formula is C28H44O4Si2. The summed E-state index contributed by atoms with van der Waals surface area (Å²) in [6.07, 6.45) is 2.62. The molecule has 0 bridgehead atoms. The molecule has 0 N–H and O–H groups in total. The molecule has 34 heavy (non-hydrogen) atoms. The maximum Gasteiger partial charge on any atom is 0.250 e. The summed E-state index contributed by atoms with van der Waals surface area (Å²) in [7, 11) is -4.04. The van der Waals surface area contributed by atoms with Crippen molar-refractivity contribution in [2.45, 2.75) is 103 Å². The van der Waals surface area contributed by atoms with Crippen LogP contribution in [0.15, 0.2) is 24.3 Å². The summed E-state index contributed by atoms with van der Waals surface area (Å²) in [5.74, 6) is 1.46. The van der Waals surface area contributed by atoms with Crippen LogP contribution < -0.4 is 8.85 Å². The zero-order valence-corrected chi connectivity index (χ0v) is 25.0. The van der Waals surface area contributed by atoms with E-state index in [0.717, 1.165) is 36.1 Å². The molecule has 0 unspecified atom stereocenters. The van der Waals surface area contributed by atoms with Gasteiger partial charge in [-0.25, -0.2) is 0 Å². The third-order valence-electron chi connectivity index (χ3n) is 8.69. The second kappa shape index (κ2) is 8.36. The first-order valence-electron chi connectivity index (χ1n) is 12.8. The van der Waals surface area contributed by atoms with E-state index in [0.29, 0.717) is 13.2 Å². The van der Waals surface area contributed by atoms with Gasteiger partial charge in [-0.2, -0.15) is 0 Å². The van der Waals surface area contributed by atoms with E-state index in [-0.39, 0.29) is 10.1 Å². The van der Waals surface area contributed by atoms with Gasteiger partial charge in [0.25, 0.3) is 16.6 Å². The van der Waals surface area contributed by atoms with E-state index in [4.69, 9.17) is 18.3 Å². The minimum atomic E-state index is -2.04. The number of fused-ring (bicyclic) bond motifs is 3. The quantitative estimate of drug-likeness (QED) is 0.401. The normalized spacial score (nSPS) is 18.9. The van der Waals surface area contributed by atoms with Crippen LogP contribution in [0.2, 0.25) is 36.3 Å². The molecule has 0 atom stereocenters. The molecule has 1 spiro atoms. The van der Waals surface area contributed by atoms with E-state index in [1.807, 2.05) is 0 Å². The minimum Gasteiger partial charge on any atom is -0.543 e. The maximum absolute atomic E-state index is 6.96.